The maximum Gasteiger partial charge on any atom is 0.378 e. The van der Waals surface area contributed by atoms with Gasteiger partial charge in [-0.1, -0.05) is 0 Å². The fourth-order valence-corrected chi connectivity index (χ4v) is 5.14. The third-order valence-corrected chi connectivity index (χ3v) is 5.56. The predicted molar refractivity (Wildman–Crippen MR) is 70.3 cm³/mol. The van der Waals surface area contributed by atoms with Crippen LogP contribution in [0.25, 0.3) is 0 Å². The van der Waals surface area contributed by atoms with Crippen LogP contribution < -0.4 is 0 Å². The highest BCUT2D eigenvalue weighted by Crippen LogP contribution is 2.58. The molecule has 106 valence electrons. The van der Waals surface area contributed by atoms with Crippen LogP contribution in [-0.2, 0) is 4.79 Å². The van der Waals surface area contributed by atoms with Crippen LogP contribution in [0.4, 0.5) is 0 Å². The quantitative estimate of drug-likeness (QED) is 0.677. The van der Waals surface area contributed by atoms with Crippen molar-refractivity contribution in [3.63, 3.8) is 0 Å². The van der Waals surface area contributed by atoms with Crippen molar-refractivity contribution in [1.29, 1.82) is 0 Å². The molecule has 1 N–H and O–H groups in total. The Morgan fingerprint density at radius 3 is 2.25 bits per heavy atom. The maximum absolute atomic E-state index is 11.8. The normalized spacial score (nSPS) is 38.1. The highest BCUT2D eigenvalue weighted by molar-refractivity contribution is 6.39. The summed E-state index contributed by atoms with van der Waals surface area (Å²) >= 11 is 0. The second-order valence-electron chi connectivity index (χ2n) is 6.72. The van der Waals surface area contributed by atoms with Crippen molar-refractivity contribution in [3.05, 3.63) is 18.0 Å². The second-order valence-corrected chi connectivity index (χ2v) is 6.72. The Labute approximate surface area is 117 Å². The molecule has 4 aliphatic carbocycles. The van der Waals surface area contributed by atoms with Gasteiger partial charge in [0.15, 0.2) is 0 Å². The van der Waals surface area contributed by atoms with E-state index in [9.17, 15) is 9.59 Å². The van der Waals surface area contributed by atoms with E-state index in [-0.39, 0.29) is 11.7 Å². The number of nitrogens with zero attached hydrogens (tertiary/aromatic N) is 2. The van der Waals surface area contributed by atoms with Gasteiger partial charge in [-0.05, 0) is 61.8 Å². The minimum absolute atomic E-state index is 0.232. The summed E-state index contributed by atoms with van der Waals surface area (Å²) in [5, 5.41) is 13.2. The number of hydrogen-bond donors (Lipinski definition) is 1. The number of ketones is 1. The third-order valence-electron chi connectivity index (χ3n) is 5.56. The first-order valence-corrected chi connectivity index (χ1v) is 7.44. The number of carbonyl (C=O) groups is 2. The molecule has 5 nitrogen and oxygen atoms in total. The van der Waals surface area contributed by atoms with Crippen molar-refractivity contribution in [1.82, 2.24) is 9.78 Å². The molecule has 4 fully saturated rings. The van der Waals surface area contributed by atoms with Crippen molar-refractivity contribution >= 4 is 11.8 Å². The van der Waals surface area contributed by atoms with Gasteiger partial charge in [0.25, 0.3) is 5.78 Å². The van der Waals surface area contributed by atoms with Crippen molar-refractivity contribution in [2.75, 3.05) is 0 Å². The molecular weight excluding hydrogens is 256 g/mol. The van der Waals surface area contributed by atoms with E-state index in [1.807, 2.05) is 0 Å². The average Bonchev–Trinajstić information content (AvgIpc) is 2.85. The number of hydrogen-bond acceptors (Lipinski definition) is 3. The standard InChI is InChI=1S/C15H18N2O3/c18-14(15(19)20)12-1-2-16-17(12)13-10-4-8-3-9(6-10)7-11(13)5-8/h1-2,8-11,13H,3-7H2,(H,19,20). The molecule has 0 aliphatic heterocycles. The molecule has 0 amide bonds. The topological polar surface area (TPSA) is 72.2 Å². The van der Waals surface area contributed by atoms with E-state index in [1.165, 1.54) is 32.1 Å². The molecule has 0 aromatic carbocycles. The highest BCUT2D eigenvalue weighted by Gasteiger charge is 2.49. The van der Waals surface area contributed by atoms with Gasteiger partial charge in [0, 0.05) is 6.20 Å². The number of carboxylic acids is 1. The van der Waals surface area contributed by atoms with Gasteiger partial charge in [-0.15, -0.1) is 0 Å². The van der Waals surface area contributed by atoms with Gasteiger partial charge in [-0.3, -0.25) is 9.48 Å². The van der Waals surface area contributed by atoms with E-state index in [0.717, 1.165) is 11.8 Å². The van der Waals surface area contributed by atoms with Gasteiger partial charge in [0.2, 0.25) is 0 Å². The van der Waals surface area contributed by atoms with Crippen LogP contribution in [0, 0.1) is 23.7 Å². The molecule has 5 rings (SSSR count). The van der Waals surface area contributed by atoms with Crippen molar-refractivity contribution in [2.45, 2.75) is 38.1 Å². The molecule has 1 heterocycles. The van der Waals surface area contributed by atoms with Gasteiger partial charge < -0.3 is 5.11 Å². The van der Waals surface area contributed by atoms with Crippen LogP contribution in [0.1, 0.15) is 48.6 Å². The highest BCUT2D eigenvalue weighted by atomic mass is 16.4. The van der Waals surface area contributed by atoms with Crippen LogP contribution in [0.2, 0.25) is 0 Å². The summed E-state index contributed by atoms with van der Waals surface area (Å²) in [6, 6.07) is 1.78. The smallest absolute Gasteiger partial charge is 0.378 e. The van der Waals surface area contributed by atoms with Crippen LogP contribution in [0.15, 0.2) is 12.3 Å². The van der Waals surface area contributed by atoms with Crippen molar-refractivity contribution in [3.8, 4) is 0 Å². The van der Waals surface area contributed by atoms with E-state index in [2.05, 4.69) is 5.10 Å². The monoisotopic (exact) mass is 274 g/mol. The number of carbonyl (C=O) groups excluding carboxylic acids is 1. The largest absolute Gasteiger partial charge is 0.475 e. The second kappa shape index (κ2) is 4.17. The number of aliphatic carboxylic acids is 1. The molecule has 1 aromatic heterocycles. The summed E-state index contributed by atoms with van der Waals surface area (Å²) in [7, 11) is 0. The Morgan fingerprint density at radius 2 is 1.70 bits per heavy atom. The number of carboxylic acid groups (broad SMARTS) is 1. The summed E-state index contributed by atoms with van der Waals surface area (Å²) in [5.41, 5.74) is 0.245. The molecular formula is C15H18N2O3. The zero-order valence-electron chi connectivity index (χ0n) is 11.2. The molecule has 4 bridgehead atoms. The fourth-order valence-electron chi connectivity index (χ4n) is 5.14. The Balaban J connectivity index is 1.70. The summed E-state index contributed by atoms with van der Waals surface area (Å²) in [5.74, 6) is 0.621. The fraction of sp³-hybridized carbons (Fsp3) is 0.667. The minimum Gasteiger partial charge on any atom is -0.475 e. The maximum atomic E-state index is 11.8. The van der Waals surface area contributed by atoms with E-state index in [1.54, 1.807) is 16.9 Å². The lowest BCUT2D eigenvalue weighted by atomic mass is 9.54. The number of Topliss-reactive ketones (excluding diaryl/α,β-unsaturated/α-hetero) is 1. The number of aromatic nitrogens is 2. The SMILES string of the molecule is O=C(O)C(=O)c1ccnn1C1C2CC3CC(C2)CC1C3. The molecule has 20 heavy (non-hydrogen) atoms. The van der Waals surface area contributed by atoms with Crippen LogP contribution in [0.5, 0.6) is 0 Å². The van der Waals surface area contributed by atoms with E-state index < -0.39 is 11.8 Å². The first kappa shape index (κ1) is 12.1. The Bertz CT molecular complexity index is 549. The lowest BCUT2D eigenvalue weighted by molar-refractivity contribution is -0.131. The Hall–Kier alpha value is -1.65. The molecule has 0 atom stereocenters. The van der Waals surface area contributed by atoms with Gasteiger partial charge in [-0.2, -0.15) is 5.10 Å². The van der Waals surface area contributed by atoms with E-state index in [4.69, 9.17) is 5.11 Å². The van der Waals surface area contributed by atoms with Gasteiger partial charge in [0.05, 0.1) is 6.04 Å². The third kappa shape index (κ3) is 1.65. The zero-order valence-corrected chi connectivity index (χ0v) is 11.2. The van der Waals surface area contributed by atoms with Crippen LogP contribution in [-0.4, -0.2) is 26.6 Å². The summed E-state index contributed by atoms with van der Waals surface area (Å²) in [6.45, 7) is 0. The first-order chi connectivity index (χ1) is 9.63. The van der Waals surface area contributed by atoms with Crippen LogP contribution >= 0.6 is 0 Å². The van der Waals surface area contributed by atoms with Gasteiger partial charge in [-0.25, -0.2) is 4.79 Å². The van der Waals surface area contributed by atoms with Gasteiger partial charge >= 0.3 is 5.97 Å². The predicted octanol–water partition coefficient (Wildman–Crippen LogP) is 2.15. The minimum atomic E-state index is -1.39. The van der Waals surface area contributed by atoms with E-state index >= 15 is 0 Å². The molecule has 0 unspecified atom stereocenters. The van der Waals surface area contributed by atoms with Crippen LogP contribution in [0.3, 0.4) is 0 Å². The van der Waals surface area contributed by atoms with Crippen molar-refractivity contribution < 1.29 is 14.7 Å². The molecule has 0 saturated heterocycles. The molecule has 0 radical (unpaired) electrons. The molecule has 1 aromatic rings. The van der Waals surface area contributed by atoms with Crippen molar-refractivity contribution in [2.24, 2.45) is 23.7 Å². The number of rotatable bonds is 3. The zero-order chi connectivity index (χ0) is 13.9. The van der Waals surface area contributed by atoms with E-state index in [0.29, 0.717) is 11.8 Å². The lowest BCUT2D eigenvalue weighted by Crippen LogP contribution is -2.46. The van der Waals surface area contributed by atoms with Gasteiger partial charge in [0.1, 0.15) is 5.69 Å². The Kier molecular flexibility index (Phi) is 2.53. The lowest BCUT2D eigenvalue weighted by Gasteiger charge is -2.54. The average molecular weight is 274 g/mol. The Morgan fingerprint density at radius 1 is 1.10 bits per heavy atom. The molecule has 5 heteroatoms. The summed E-state index contributed by atoms with van der Waals surface area (Å²) < 4.78 is 1.73. The molecule has 4 saturated carbocycles. The summed E-state index contributed by atoms with van der Waals surface area (Å²) in [4.78, 5) is 22.7. The molecule has 4 aliphatic rings. The summed E-state index contributed by atoms with van der Waals surface area (Å²) in [6.07, 6.45) is 7.81. The molecule has 0 spiro atoms. The first-order valence-electron chi connectivity index (χ1n) is 7.44.